The molecule has 3 aromatic heterocycles. The van der Waals surface area contributed by atoms with Gasteiger partial charge in [-0.2, -0.15) is 0 Å². The molecule has 31 heavy (non-hydrogen) atoms. The second-order valence-corrected chi connectivity index (χ2v) is 8.99. The highest BCUT2D eigenvalue weighted by Crippen LogP contribution is 2.28. The van der Waals surface area contributed by atoms with Gasteiger partial charge in [0.25, 0.3) is 0 Å². The fraction of sp³-hybridized carbons (Fsp3) is 0.429. The Balaban J connectivity index is 1.54. The Morgan fingerprint density at radius 1 is 1.35 bits per heavy atom. The molecule has 1 aliphatic heterocycles. The summed E-state index contributed by atoms with van der Waals surface area (Å²) in [5.74, 6) is -0.126. The highest BCUT2D eigenvalue weighted by atomic mass is 35.5. The highest BCUT2D eigenvalue weighted by Gasteiger charge is 2.28. The lowest BCUT2D eigenvalue weighted by Gasteiger charge is -2.34. The number of carbonyl (C=O) groups excluding carboxylic acids is 1. The molecule has 0 bridgehead atoms. The number of H-pyrrole nitrogens is 1. The average molecular weight is 447 g/mol. The van der Waals surface area contributed by atoms with Crippen LogP contribution in [0.1, 0.15) is 33.6 Å². The van der Waals surface area contributed by atoms with Gasteiger partial charge in [0.2, 0.25) is 0 Å². The molecular weight excluding hydrogens is 423 g/mol. The zero-order valence-electron chi connectivity index (χ0n) is 17.6. The molecule has 2 N–H and O–H groups in total. The molecule has 0 aliphatic carbocycles. The Labute approximate surface area is 184 Å². The topological polar surface area (TPSA) is 96.0 Å². The maximum atomic E-state index is 14.5. The van der Waals surface area contributed by atoms with E-state index in [0.29, 0.717) is 35.1 Å². The van der Waals surface area contributed by atoms with Crippen molar-refractivity contribution in [3.63, 3.8) is 0 Å². The zero-order chi connectivity index (χ0) is 22.2. The number of likely N-dealkylation sites (tertiary alicyclic amines) is 1. The van der Waals surface area contributed by atoms with Crippen molar-refractivity contribution in [1.29, 1.82) is 0 Å². The van der Waals surface area contributed by atoms with Gasteiger partial charge < -0.3 is 19.9 Å². The van der Waals surface area contributed by atoms with Crippen molar-refractivity contribution in [2.75, 3.05) is 18.4 Å². The lowest BCUT2D eigenvalue weighted by Crippen LogP contribution is -2.47. The van der Waals surface area contributed by atoms with Crippen molar-refractivity contribution in [1.82, 2.24) is 24.8 Å². The molecule has 1 amide bonds. The van der Waals surface area contributed by atoms with Crippen LogP contribution in [-0.2, 0) is 4.74 Å². The predicted octanol–water partition coefficient (Wildman–Crippen LogP) is 4.62. The number of piperidine rings is 1. The number of carbonyl (C=O) groups is 1. The molecule has 0 spiro atoms. The molecule has 3 aromatic rings. The summed E-state index contributed by atoms with van der Waals surface area (Å²) in [6.07, 6.45) is 5.59. The number of amides is 1. The van der Waals surface area contributed by atoms with Gasteiger partial charge in [-0.1, -0.05) is 11.6 Å². The van der Waals surface area contributed by atoms with Crippen molar-refractivity contribution < 1.29 is 13.9 Å². The molecule has 4 heterocycles. The first-order chi connectivity index (χ1) is 14.7. The van der Waals surface area contributed by atoms with Gasteiger partial charge in [0.05, 0.1) is 11.2 Å². The first-order valence-corrected chi connectivity index (χ1v) is 10.5. The minimum Gasteiger partial charge on any atom is -0.444 e. The van der Waals surface area contributed by atoms with E-state index in [1.165, 1.54) is 0 Å². The molecular formula is C21H24ClFN6O2. The number of hydrogen-bond acceptors (Lipinski definition) is 6. The standard InChI is InChI=1S/C21H24ClFN6O2/c1-21(2,3)31-20(30)29-6-4-5-13(11-29)27-19-16(23)10-26-18(28-19)15-9-25-17-14(15)7-12(22)8-24-17/h7-10,13H,4-6,11H2,1-3H3,(H,24,25)(H,26,27,28). The molecule has 10 heteroatoms. The number of aromatic amines is 1. The van der Waals surface area contributed by atoms with Gasteiger partial charge in [0, 0.05) is 42.5 Å². The van der Waals surface area contributed by atoms with Crippen LogP contribution in [0.4, 0.5) is 15.0 Å². The van der Waals surface area contributed by atoms with Crippen molar-refractivity contribution >= 4 is 34.5 Å². The zero-order valence-corrected chi connectivity index (χ0v) is 18.3. The number of nitrogens with zero attached hydrogens (tertiary/aromatic N) is 4. The van der Waals surface area contributed by atoms with Gasteiger partial charge in [0.15, 0.2) is 17.5 Å². The molecule has 0 aromatic carbocycles. The molecule has 0 saturated carbocycles. The van der Waals surface area contributed by atoms with Crippen LogP contribution in [0.15, 0.2) is 24.7 Å². The Morgan fingerprint density at radius 3 is 2.94 bits per heavy atom. The summed E-state index contributed by atoms with van der Waals surface area (Å²) < 4.78 is 19.9. The number of nitrogens with one attached hydrogen (secondary N) is 2. The summed E-state index contributed by atoms with van der Waals surface area (Å²) in [6, 6.07) is 1.60. The van der Waals surface area contributed by atoms with Crippen LogP contribution in [0, 0.1) is 5.82 Å². The Kier molecular flexibility index (Phi) is 5.70. The van der Waals surface area contributed by atoms with Crippen LogP contribution in [0.3, 0.4) is 0 Å². The molecule has 8 nitrogen and oxygen atoms in total. The van der Waals surface area contributed by atoms with Crippen LogP contribution in [-0.4, -0.2) is 55.7 Å². The summed E-state index contributed by atoms with van der Waals surface area (Å²) in [5.41, 5.74) is 0.747. The second-order valence-electron chi connectivity index (χ2n) is 8.55. The maximum absolute atomic E-state index is 14.5. The normalized spacial score (nSPS) is 17.1. The van der Waals surface area contributed by atoms with E-state index >= 15 is 0 Å². The smallest absolute Gasteiger partial charge is 0.410 e. The number of pyridine rings is 1. The van der Waals surface area contributed by atoms with E-state index in [2.05, 4.69) is 25.3 Å². The van der Waals surface area contributed by atoms with Gasteiger partial charge in [0.1, 0.15) is 11.2 Å². The molecule has 1 saturated heterocycles. The van der Waals surface area contributed by atoms with E-state index in [1.54, 1.807) is 23.4 Å². The number of ether oxygens (including phenoxy) is 1. The van der Waals surface area contributed by atoms with Crippen molar-refractivity contribution in [2.45, 2.75) is 45.3 Å². The third-order valence-electron chi connectivity index (χ3n) is 4.90. The van der Waals surface area contributed by atoms with Gasteiger partial charge in [-0.25, -0.2) is 24.1 Å². The Hall–Kier alpha value is -2.94. The predicted molar refractivity (Wildman–Crippen MR) is 117 cm³/mol. The summed E-state index contributed by atoms with van der Waals surface area (Å²) in [5, 5.41) is 4.36. The largest absolute Gasteiger partial charge is 0.444 e. The van der Waals surface area contributed by atoms with E-state index in [-0.39, 0.29) is 18.0 Å². The van der Waals surface area contributed by atoms with E-state index in [0.717, 1.165) is 24.4 Å². The van der Waals surface area contributed by atoms with Gasteiger partial charge in [-0.15, -0.1) is 0 Å². The van der Waals surface area contributed by atoms with Crippen LogP contribution in [0.25, 0.3) is 22.4 Å². The van der Waals surface area contributed by atoms with E-state index in [1.807, 2.05) is 20.8 Å². The van der Waals surface area contributed by atoms with E-state index in [4.69, 9.17) is 16.3 Å². The third kappa shape index (κ3) is 4.87. The van der Waals surface area contributed by atoms with Crippen LogP contribution in [0.5, 0.6) is 0 Å². The monoisotopic (exact) mass is 446 g/mol. The van der Waals surface area contributed by atoms with E-state index < -0.39 is 11.4 Å². The Morgan fingerprint density at radius 2 is 2.16 bits per heavy atom. The highest BCUT2D eigenvalue weighted by molar-refractivity contribution is 6.31. The molecule has 164 valence electrons. The second kappa shape index (κ2) is 8.30. The molecule has 0 radical (unpaired) electrons. The first kappa shape index (κ1) is 21.3. The lowest BCUT2D eigenvalue weighted by atomic mass is 10.1. The SMILES string of the molecule is CC(C)(C)OC(=O)N1CCCC(Nc2nc(-c3c[nH]c4ncc(Cl)cc34)ncc2F)C1. The molecule has 1 atom stereocenters. The summed E-state index contributed by atoms with van der Waals surface area (Å²) in [7, 11) is 0. The van der Waals surface area contributed by atoms with Crippen LogP contribution < -0.4 is 5.32 Å². The van der Waals surface area contributed by atoms with Crippen LogP contribution >= 0.6 is 11.6 Å². The number of anilines is 1. The maximum Gasteiger partial charge on any atom is 0.410 e. The van der Waals surface area contributed by atoms with Gasteiger partial charge in [-0.3, -0.25) is 0 Å². The van der Waals surface area contributed by atoms with Crippen LogP contribution in [0.2, 0.25) is 5.02 Å². The summed E-state index contributed by atoms with van der Waals surface area (Å²) >= 11 is 6.07. The fourth-order valence-electron chi connectivity index (χ4n) is 3.54. The number of aromatic nitrogens is 4. The number of halogens is 2. The summed E-state index contributed by atoms with van der Waals surface area (Å²) in [6.45, 7) is 6.50. The number of hydrogen-bond donors (Lipinski definition) is 2. The summed E-state index contributed by atoms with van der Waals surface area (Å²) in [4.78, 5) is 29.8. The average Bonchev–Trinajstić information content (AvgIpc) is 3.11. The minimum absolute atomic E-state index is 0.0883. The Bertz CT molecular complexity index is 1110. The number of fused-ring (bicyclic) bond motifs is 1. The first-order valence-electron chi connectivity index (χ1n) is 10.1. The van der Waals surface area contributed by atoms with Gasteiger partial charge in [-0.05, 0) is 39.7 Å². The van der Waals surface area contributed by atoms with E-state index in [9.17, 15) is 9.18 Å². The lowest BCUT2D eigenvalue weighted by molar-refractivity contribution is 0.0206. The quantitative estimate of drug-likeness (QED) is 0.609. The number of rotatable bonds is 3. The molecule has 1 unspecified atom stereocenters. The fourth-order valence-corrected chi connectivity index (χ4v) is 3.70. The van der Waals surface area contributed by atoms with Crippen molar-refractivity contribution in [3.05, 3.63) is 35.5 Å². The molecule has 4 rings (SSSR count). The molecule has 1 fully saturated rings. The third-order valence-corrected chi connectivity index (χ3v) is 5.10. The minimum atomic E-state index is -0.567. The van der Waals surface area contributed by atoms with Crippen molar-refractivity contribution in [3.8, 4) is 11.4 Å². The molecule has 1 aliphatic rings. The van der Waals surface area contributed by atoms with Crippen molar-refractivity contribution in [2.24, 2.45) is 0 Å². The van der Waals surface area contributed by atoms with Gasteiger partial charge >= 0.3 is 6.09 Å².